The zero-order valence-corrected chi connectivity index (χ0v) is 9.83. The minimum atomic E-state index is -4.37. The van der Waals surface area contributed by atoms with Gasteiger partial charge in [0.2, 0.25) is 0 Å². The molecule has 0 atom stereocenters. The number of halogens is 3. The van der Waals surface area contributed by atoms with Gasteiger partial charge in [-0.25, -0.2) is 0 Å². The minimum Gasteiger partial charge on any atom is -0.371 e. The molecule has 0 N–H and O–H groups in total. The van der Waals surface area contributed by atoms with Crippen LogP contribution in [0.25, 0.3) is 0 Å². The zero-order chi connectivity index (χ0) is 13.2. The van der Waals surface area contributed by atoms with Crippen LogP contribution in [0.1, 0.15) is 35.2 Å². The number of hydrogen-bond donors (Lipinski definition) is 0. The average molecular weight is 257 g/mol. The van der Waals surface area contributed by atoms with Crippen molar-refractivity contribution < 1.29 is 18.0 Å². The molecule has 0 spiro atoms. The van der Waals surface area contributed by atoms with Crippen LogP contribution in [-0.4, -0.2) is 19.4 Å². The number of rotatable bonds is 2. The van der Waals surface area contributed by atoms with E-state index in [0.29, 0.717) is 30.6 Å². The van der Waals surface area contributed by atoms with Gasteiger partial charge < -0.3 is 4.90 Å². The average Bonchev–Trinajstić information content (AvgIpc) is 2.38. The Morgan fingerprint density at radius 1 is 1.11 bits per heavy atom. The van der Waals surface area contributed by atoms with Crippen LogP contribution in [0.2, 0.25) is 0 Å². The lowest BCUT2D eigenvalue weighted by Crippen LogP contribution is -2.30. The molecule has 5 heteroatoms. The topological polar surface area (TPSA) is 20.3 Å². The molecule has 0 aromatic heterocycles. The van der Waals surface area contributed by atoms with Crippen molar-refractivity contribution in [2.24, 2.45) is 0 Å². The SMILES string of the molecule is O=Cc1ccc(C(F)(F)F)cc1N1CCCCC1. The molecule has 1 fully saturated rings. The van der Waals surface area contributed by atoms with Gasteiger partial charge in [0, 0.05) is 24.3 Å². The number of nitrogens with zero attached hydrogens (tertiary/aromatic N) is 1. The van der Waals surface area contributed by atoms with Gasteiger partial charge in [0.15, 0.2) is 6.29 Å². The Morgan fingerprint density at radius 2 is 1.78 bits per heavy atom. The number of aldehydes is 1. The maximum Gasteiger partial charge on any atom is 0.416 e. The molecular weight excluding hydrogens is 243 g/mol. The van der Waals surface area contributed by atoms with Gasteiger partial charge in [-0.1, -0.05) is 0 Å². The highest BCUT2D eigenvalue weighted by Gasteiger charge is 2.31. The van der Waals surface area contributed by atoms with Crippen LogP contribution >= 0.6 is 0 Å². The van der Waals surface area contributed by atoms with Crippen LogP contribution in [-0.2, 0) is 6.18 Å². The molecule has 1 aromatic carbocycles. The summed E-state index contributed by atoms with van der Waals surface area (Å²) in [6.45, 7) is 1.42. The van der Waals surface area contributed by atoms with Crippen LogP contribution < -0.4 is 4.90 Å². The predicted octanol–water partition coefficient (Wildman–Crippen LogP) is 3.51. The van der Waals surface area contributed by atoms with E-state index < -0.39 is 11.7 Å². The minimum absolute atomic E-state index is 0.324. The van der Waals surface area contributed by atoms with E-state index >= 15 is 0 Å². The normalized spacial score (nSPS) is 16.7. The van der Waals surface area contributed by atoms with Gasteiger partial charge in [0.05, 0.1) is 5.56 Å². The molecule has 0 bridgehead atoms. The first-order valence-electron chi connectivity index (χ1n) is 5.94. The highest BCUT2D eigenvalue weighted by molar-refractivity contribution is 5.85. The van der Waals surface area contributed by atoms with Crippen LogP contribution in [0, 0.1) is 0 Å². The van der Waals surface area contributed by atoms with Gasteiger partial charge in [-0.15, -0.1) is 0 Å². The van der Waals surface area contributed by atoms with Gasteiger partial charge in [0.1, 0.15) is 0 Å². The quantitative estimate of drug-likeness (QED) is 0.756. The van der Waals surface area contributed by atoms with E-state index in [2.05, 4.69) is 0 Å². The zero-order valence-electron chi connectivity index (χ0n) is 9.83. The molecule has 1 aliphatic heterocycles. The monoisotopic (exact) mass is 257 g/mol. The van der Waals surface area contributed by atoms with E-state index in [1.54, 1.807) is 0 Å². The van der Waals surface area contributed by atoms with Crippen molar-refractivity contribution in [3.05, 3.63) is 29.3 Å². The van der Waals surface area contributed by atoms with Crippen LogP contribution in [0.15, 0.2) is 18.2 Å². The molecule has 1 aliphatic rings. The maximum absolute atomic E-state index is 12.7. The third-order valence-corrected chi connectivity index (χ3v) is 3.18. The third-order valence-electron chi connectivity index (χ3n) is 3.18. The second-order valence-corrected chi connectivity index (χ2v) is 4.44. The van der Waals surface area contributed by atoms with E-state index in [0.717, 1.165) is 31.4 Å². The smallest absolute Gasteiger partial charge is 0.371 e. The molecule has 0 aliphatic carbocycles. The molecule has 1 heterocycles. The van der Waals surface area contributed by atoms with Gasteiger partial charge in [-0.3, -0.25) is 4.79 Å². The number of benzene rings is 1. The van der Waals surface area contributed by atoms with E-state index in [4.69, 9.17) is 0 Å². The molecule has 18 heavy (non-hydrogen) atoms. The van der Waals surface area contributed by atoms with Crippen molar-refractivity contribution in [2.75, 3.05) is 18.0 Å². The number of hydrogen-bond acceptors (Lipinski definition) is 2. The number of carbonyl (C=O) groups is 1. The molecule has 1 aromatic rings. The largest absolute Gasteiger partial charge is 0.416 e. The first-order valence-corrected chi connectivity index (χ1v) is 5.94. The van der Waals surface area contributed by atoms with Gasteiger partial charge in [-0.2, -0.15) is 13.2 Å². The van der Waals surface area contributed by atoms with E-state index in [1.165, 1.54) is 6.07 Å². The van der Waals surface area contributed by atoms with Crippen molar-refractivity contribution in [3.63, 3.8) is 0 Å². The number of carbonyl (C=O) groups excluding carboxylic acids is 1. The summed E-state index contributed by atoms with van der Waals surface area (Å²) in [5, 5.41) is 0. The molecule has 0 saturated carbocycles. The highest BCUT2D eigenvalue weighted by Crippen LogP contribution is 2.33. The Morgan fingerprint density at radius 3 is 2.33 bits per heavy atom. The Bertz CT molecular complexity index is 436. The Balaban J connectivity index is 2.38. The number of alkyl halides is 3. The second-order valence-electron chi connectivity index (χ2n) is 4.44. The van der Waals surface area contributed by atoms with Crippen LogP contribution in [0.5, 0.6) is 0 Å². The Labute approximate surface area is 103 Å². The summed E-state index contributed by atoms with van der Waals surface area (Å²) >= 11 is 0. The van der Waals surface area contributed by atoms with E-state index in [9.17, 15) is 18.0 Å². The molecule has 2 rings (SSSR count). The second kappa shape index (κ2) is 5.00. The van der Waals surface area contributed by atoms with Crippen LogP contribution in [0.3, 0.4) is 0 Å². The van der Waals surface area contributed by atoms with Crippen molar-refractivity contribution >= 4 is 12.0 Å². The van der Waals surface area contributed by atoms with E-state index in [1.807, 2.05) is 4.90 Å². The van der Waals surface area contributed by atoms with Crippen molar-refractivity contribution in [1.29, 1.82) is 0 Å². The van der Waals surface area contributed by atoms with Crippen molar-refractivity contribution in [2.45, 2.75) is 25.4 Å². The van der Waals surface area contributed by atoms with E-state index in [-0.39, 0.29) is 0 Å². The summed E-state index contributed by atoms with van der Waals surface area (Å²) in [5.74, 6) is 0. The fraction of sp³-hybridized carbons (Fsp3) is 0.462. The summed E-state index contributed by atoms with van der Waals surface area (Å²) < 4.78 is 38.0. The Kier molecular flexibility index (Phi) is 3.59. The summed E-state index contributed by atoms with van der Waals surface area (Å²) in [4.78, 5) is 12.8. The Hall–Kier alpha value is -1.52. The fourth-order valence-electron chi connectivity index (χ4n) is 2.23. The van der Waals surface area contributed by atoms with Gasteiger partial charge in [-0.05, 0) is 37.5 Å². The lowest BCUT2D eigenvalue weighted by molar-refractivity contribution is -0.137. The van der Waals surface area contributed by atoms with Crippen molar-refractivity contribution in [1.82, 2.24) is 0 Å². The third kappa shape index (κ3) is 2.66. The molecule has 0 amide bonds. The standard InChI is InChI=1S/C13H14F3NO/c14-13(15,16)11-5-4-10(9-18)12(8-11)17-6-2-1-3-7-17/h4-5,8-9H,1-3,6-7H2. The summed E-state index contributed by atoms with van der Waals surface area (Å²) in [6.07, 6.45) is -0.759. The first kappa shape index (κ1) is 12.9. The van der Waals surface area contributed by atoms with Crippen LogP contribution in [0.4, 0.5) is 18.9 Å². The van der Waals surface area contributed by atoms with Crippen molar-refractivity contribution in [3.8, 4) is 0 Å². The molecule has 98 valence electrons. The first-order chi connectivity index (χ1) is 8.52. The molecule has 1 saturated heterocycles. The summed E-state index contributed by atoms with van der Waals surface area (Å²) in [7, 11) is 0. The summed E-state index contributed by atoms with van der Waals surface area (Å²) in [6, 6.07) is 3.28. The predicted molar refractivity (Wildman–Crippen MR) is 62.9 cm³/mol. The van der Waals surface area contributed by atoms with Gasteiger partial charge in [0.25, 0.3) is 0 Å². The molecule has 0 unspecified atom stereocenters. The van der Waals surface area contributed by atoms with Gasteiger partial charge >= 0.3 is 6.18 Å². The number of anilines is 1. The molecule has 0 radical (unpaired) electrons. The number of piperidine rings is 1. The molecular formula is C13H14F3NO. The molecule has 2 nitrogen and oxygen atoms in total. The summed E-state index contributed by atoms with van der Waals surface area (Å²) in [5.41, 5.74) is 0.0260. The fourth-order valence-corrected chi connectivity index (χ4v) is 2.23. The maximum atomic E-state index is 12.7. The lowest BCUT2D eigenvalue weighted by Gasteiger charge is -2.30. The lowest BCUT2D eigenvalue weighted by atomic mass is 10.0. The highest BCUT2D eigenvalue weighted by atomic mass is 19.4.